The van der Waals surface area contributed by atoms with Gasteiger partial charge < -0.3 is 15.9 Å². The lowest BCUT2D eigenvalue weighted by atomic mass is 9.60. The summed E-state index contributed by atoms with van der Waals surface area (Å²) in [6.45, 7) is 31.8. The van der Waals surface area contributed by atoms with Gasteiger partial charge in [-0.2, -0.15) is 0 Å². The van der Waals surface area contributed by atoms with Crippen molar-refractivity contribution in [2.24, 2.45) is 63.4 Å². The third kappa shape index (κ3) is 13.9. The van der Waals surface area contributed by atoms with Crippen LogP contribution in [0.1, 0.15) is 198 Å². The molecule has 0 aliphatic heterocycles. The second kappa shape index (κ2) is 21.7. The minimum absolute atomic E-state index is 0.153. The Labute approximate surface area is 393 Å². The second-order valence-corrected chi connectivity index (χ2v) is 26.7. The van der Waals surface area contributed by atoms with E-state index in [1.165, 1.54) is 100 Å². The molecule has 0 radical (unpaired) electrons. The van der Waals surface area contributed by atoms with E-state index in [1.807, 2.05) is 13.8 Å². The third-order valence-electron chi connectivity index (χ3n) is 17.7. The van der Waals surface area contributed by atoms with E-state index in [1.54, 1.807) is 5.57 Å². The monoisotopic (exact) mass is 905 g/mol. The number of nitrogens with two attached hydrogens (primary N) is 1. The molecule has 0 heterocycles. The zero-order chi connectivity index (χ0) is 47.4. The number of sulfonamides is 1. The highest BCUT2D eigenvalue weighted by Crippen LogP contribution is 2.61. The second-order valence-electron chi connectivity index (χ2n) is 24.9. The summed E-state index contributed by atoms with van der Waals surface area (Å²) in [7, 11) is -3.37. The van der Waals surface area contributed by atoms with E-state index in [-0.39, 0.29) is 6.04 Å². The smallest absolute Gasteiger partial charge is 0.209 e. The van der Waals surface area contributed by atoms with Crippen molar-refractivity contribution in [3.8, 4) is 0 Å². The van der Waals surface area contributed by atoms with E-state index in [2.05, 4.69) is 97.6 Å². The van der Waals surface area contributed by atoms with E-state index < -0.39 is 27.8 Å². The Hall–Kier alpha value is -1.77. The highest BCUT2D eigenvalue weighted by Gasteiger charge is 2.52. The molecule has 6 saturated carbocycles. The molecule has 6 nitrogen and oxygen atoms in total. The lowest BCUT2D eigenvalue weighted by molar-refractivity contribution is 0.0596. The molecule has 0 spiro atoms. The zero-order valence-electron chi connectivity index (χ0n) is 42.8. The first kappa shape index (κ1) is 53.2. The van der Waals surface area contributed by atoms with Gasteiger partial charge in [0.05, 0.1) is 18.0 Å². The van der Waals surface area contributed by atoms with Gasteiger partial charge >= 0.3 is 0 Å². The van der Waals surface area contributed by atoms with Crippen molar-refractivity contribution in [3.05, 3.63) is 70.9 Å². The molecule has 0 bridgehead atoms. The molecule has 6 rings (SSSR count). The maximum Gasteiger partial charge on any atom is 0.209 e. The van der Waals surface area contributed by atoms with Crippen LogP contribution in [0.3, 0.4) is 0 Å². The zero-order valence-corrected chi connectivity index (χ0v) is 43.7. The summed E-state index contributed by atoms with van der Waals surface area (Å²) in [6, 6.07) is -0.291. The molecular formula is C57H96N2O4S. The molecule has 6 aliphatic rings. The quantitative estimate of drug-likeness (QED) is 0.147. The first-order chi connectivity index (χ1) is 29.7. The summed E-state index contributed by atoms with van der Waals surface area (Å²) in [6.07, 6.45) is 33.2. The fourth-order valence-electron chi connectivity index (χ4n) is 14.3. The minimum Gasteiger partial charge on any atom is -0.393 e. The van der Waals surface area contributed by atoms with Crippen molar-refractivity contribution in [2.75, 3.05) is 6.26 Å². The van der Waals surface area contributed by atoms with Crippen LogP contribution in [0.4, 0.5) is 0 Å². The normalized spacial score (nSPS) is 37.4. The molecule has 6 aliphatic carbocycles. The largest absolute Gasteiger partial charge is 0.393 e. The summed E-state index contributed by atoms with van der Waals surface area (Å²) >= 11 is 0. The van der Waals surface area contributed by atoms with Crippen LogP contribution >= 0.6 is 0 Å². The van der Waals surface area contributed by atoms with Crippen molar-refractivity contribution in [2.45, 2.75) is 221 Å². The molecule has 364 valence electrons. The van der Waals surface area contributed by atoms with Crippen molar-refractivity contribution in [1.82, 2.24) is 4.72 Å². The summed E-state index contributed by atoms with van der Waals surface area (Å²) in [5.74, 6) is 5.19. The van der Waals surface area contributed by atoms with Crippen LogP contribution in [0.25, 0.3) is 0 Å². The van der Waals surface area contributed by atoms with Crippen molar-refractivity contribution < 1.29 is 18.6 Å². The Morgan fingerprint density at radius 1 is 0.781 bits per heavy atom. The van der Waals surface area contributed by atoms with Crippen LogP contribution < -0.4 is 10.5 Å². The van der Waals surface area contributed by atoms with Crippen LogP contribution in [0.2, 0.25) is 0 Å². The van der Waals surface area contributed by atoms with Gasteiger partial charge in [0.1, 0.15) is 0 Å². The molecule has 0 aromatic carbocycles. The van der Waals surface area contributed by atoms with Crippen molar-refractivity contribution in [1.29, 1.82) is 0 Å². The van der Waals surface area contributed by atoms with Gasteiger partial charge in [-0.05, 0) is 197 Å². The number of aliphatic hydroxyl groups excluding tert-OH is 1. The number of nitrogens with one attached hydrogen (secondary N) is 1. The Balaban J connectivity index is 0.000000243. The highest BCUT2D eigenvalue weighted by atomic mass is 32.2. The molecule has 0 aromatic rings. The molecule has 0 amide bonds. The molecule has 64 heavy (non-hydrogen) atoms. The summed E-state index contributed by atoms with van der Waals surface area (Å²) in [5, 5.41) is 20.4. The van der Waals surface area contributed by atoms with Crippen LogP contribution in [-0.4, -0.2) is 48.7 Å². The van der Waals surface area contributed by atoms with Gasteiger partial charge in [0.15, 0.2) is 0 Å². The van der Waals surface area contributed by atoms with E-state index in [9.17, 15) is 18.6 Å². The predicted molar refractivity (Wildman–Crippen MR) is 272 cm³/mol. The molecule has 0 aromatic heterocycles. The minimum atomic E-state index is -3.37. The van der Waals surface area contributed by atoms with E-state index >= 15 is 0 Å². The van der Waals surface area contributed by atoms with Crippen LogP contribution in [0.5, 0.6) is 0 Å². The van der Waals surface area contributed by atoms with Crippen molar-refractivity contribution >= 4 is 10.0 Å². The average molecular weight is 905 g/mol. The molecule has 5 N–H and O–H groups in total. The molecule has 0 saturated heterocycles. The third-order valence-corrected chi connectivity index (χ3v) is 18.4. The maximum atomic E-state index is 11.7. The first-order valence-electron chi connectivity index (χ1n) is 26.0. The SMILES string of the molecule is C=C1/C(=C\C=C2/CCC[C@]3(C)[C@@H]([C@H](C)CCCC(C)(C)C)CC[C@@H]23)C[C@@H](C)C[C@@H]1N.C=C1/C(=C\C=C2/CCC[C@]3(C)[C@@H]([C@H](C)CCCC(C)(C)O)CC[C@@H]23)C[C@@H](O)C[C@@H]1NS(C)(=O)=O. The molecule has 0 unspecified atom stereocenters. The first-order valence-corrected chi connectivity index (χ1v) is 27.9. The Morgan fingerprint density at radius 3 is 1.73 bits per heavy atom. The Morgan fingerprint density at radius 2 is 1.27 bits per heavy atom. The van der Waals surface area contributed by atoms with Gasteiger partial charge in [-0.1, -0.05) is 130 Å². The number of hydrogen-bond donors (Lipinski definition) is 4. The van der Waals surface area contributed by atoms with E-state index in [0.717, 1.165) is 67.3 Å². The number of hydrogen-bond acceptors (Lipinski definition) is 5. The van der Waals surface area contributed by atoms with Crippen molar-refractivity contribution in [3.63, 3.8) is 0 Å². The van der Waals surface area contributed by atoms with Gasteiger partial charge in [0, 0.05) is 12.1 Å². The van der Waals surface area contributed by atoms with E-state index in [4.69, 9.17) is 5.73 Å². The number of fused-ring (bicyclic) bond motifs is 2. The fraction of sp³-hybridized carbons (Fsp3) is 0.789. The molecule has 6 fully saturated rings. The van der Waals surface area contributed by atoms with Gasteiger partial charge in [0.2, 0.25) is 10.0 Å². The van der Waals surface area contributed by atoms with Gasteiger partial charge in [-0.3, -0.25) is 0 Å². The highest BCUT2D eigenvalue weighted by molar-refractivity contribution is 7.88. The van der Waals surface area contributed by atoms with Crippen LogP contribution in [-0.2, 0) is 10.0 Å². The standard InChI is InChI=1S/C29H49N.C28H47NO4S/c1-20-18-24(22(3)27(30)19-20)13-12-23-11-9-17-29(7)25(14-15-26(23)29)21(2)10-8-16-28(4,5)6;1-19(9-7-15-27(3,4)31)24-13-14-25-21(10-8-16-28(24,25)5)11-12-22-17-23(30)18-26(20(22)2)29-34(6,32)33/h12-13,20-21,25-27H,3,8-11,14-19,30H2,1-2,4-7H3;11-12,19,23-26,29-31H,2,7-10,13-18H2,1,3-6H3/b23-12+,24-13-;21-11+,22-12-/t20-,21-,25-,26+,27+,29-;19-,23-,24-,25+,26+,28-/m11/s1. The maximum absolute atomic E-state index is 11.7. The van der Waals surface area contributed by atoms with Crippen LogP contribution in [0.15, 0.2) is 70.9 Å². The van der Waals surface area contributed by atoms with Gasteiger partial charge in [0.25, 0.3) is 0 Å². The molecule has 7 heteroatoms. The van der Waals surface area contributed by atoms with Gasteiger partial charge in [-0.25, -0.2) is 13.1 Å². The lowest BCUT2D eigenvalue weighted by Crippen LogP contribution is -2.41. The summed E-state index contributed by atoms with van der Waals surface area (Å²) in [5.41, 5.74) is 14.6. The lowest BCUT2D eigenvalue weighted by Gasteiger charge is -2.44. The summed E-state index contributed by atoms with van der Waals surface area (Å²) in [4.78, 5) is 0. The van der Waals surface area contributed by atoms with Crippen LogP contribution in [0, 0.1) is 57.7 Å². The topological polar surface area (TPSA) is 113 Å². The number of allylic oxidation sites excluding steroid dienone is 6. The molecule has 12 atom stereocenters. The van der Waals surface area contributed by atoms with E-state index in [0.29, 0.717) is 52.8 Å². The van der Waals surface area contributed by atoms with Gasteiger partial charge in [-0.15, -0.1) is 0 Å². The fourth-order valence-corrected chi connectivity index (χ4v) is 15.1. The Kier molecular flexibility index (Phi) is 18.0. The number of aliphatic hydroxyl groups is 2. The number of rotatable bonds is 13. The molecular weight excluding hydrogens is 809 g/mol. The Bertz CT molecular complexity index is 1860. The predicted octanol–water partition coefficient (Wildman–Crippen LogP) is 13.5. The average Bonchev–Trinajstić information content (AvgIpc) is 3.72. The summed E-state index contributed by atoms with van der Waals surface area (Å²) < 4.78 is 26.1.